The van der Waals surface area contributed by atoms with Gasteiger partial charge in [0.15, 0.2) is 0 Å². The molecule has 0 aliphatic carbocycles. The van der Waals surface area contributed by atoms with Crippen LogP contribution < -0.4 is 5.90 Å². The Morgan fingerprint density at radius 2 is 1.69 bits per heavy atom. The number of carbonyl (C=O) groups excluding carboxylic acids is 2. The average molecular weight is 420 g/mol. The second-order valence-corrected chi connectivity index (χ2v) is 8.15. The number of aliphatic hydroxyl groups excluding tert-OH is 1. The number of hydrogen-bond acceptors (Lipinski definition) is 6. The van der Waals surface area contributed by atoms with Crippen molar-refractivity contribution >= 4 is 23.5 Å². The summed E-state index contributed by atoms with van der Waals surface area (Å²) in [5.74, 6) is 1.29. The molecule has 7 heteroatoms. The van der Waals surface area contributed by atoms with Gasteiger partial charge in [-0.25, -0.2) is 4.79 Å². The predicted octanol–water partition coefficient (Wildman–Crippen LogP) is 3.53. The van der Waals surface area contributed by atoms with E-state index >= 15 is 0 Å². The lowest BCUT2D eigenvalue weighted by molar-refractivity contribution is -0.170. The van der Waals surface area contributed by atoms with E-state index in [-0.39, 0.29) is 6.42 Å². The first-order valence-electron chi connectivity index (χ1n) is 9.24. The molecule has 6 nitrogen and oxygen atoms in total. The Bertz CT molecular complexity index is 848. The van der Waals surface area contributed by atoms with Crippen molar-refractivity contribution in [1.29, 1.82) is 0 Å². The Balaban J connectivity index is 2.34. The molecule has 2 atom stereocenters. The minimum Gasteiger partial charge on any atom is -0.460 e. The van der Waals surface area contributed by atoms with Crippen LogP contribution in [0.15, 0.2) is 48.5 Å². The average Bonchev–Trinajstić information content (AvgIpc) is 2.68. The third-order valence-corrected chi connectivity index (χ3v) is 4.76. The molecular formula is C22H26ClNO5. The van der Waals surface area contributed by atoms with E-state index in [0.717, 1.165) is 11.1 Å². The van der Waals surface area contributed by atoms with E-state index in [1.165, 1.54) is 0 Å². The maximum Gasteiger partial charge on any atom is 0.330 e. The molecule has 3 N–H and O–H groups in total. The van der Waals surface area contributed by atoms with Gasteiger partial charge < -0.3 is 14.7 Å². The molecule has 0 saturated heterocycles. The summed E-state index contributed by atoms with van der Waals surface area (Å²) in [6.45, 7) is 4.55. The van der Waals surface area contributed by atoms with Gasteiger partial charge in [-0.15, -0.1) is 0 Å². The lowest BCUT2D eigenvalue weighted by atomic mass is 9.86. The van der Waals surface area contributed by atoms with Gasteiger partial charge in [0.1, 0.15) is 5.60 Å². The van der Waals surface area contributed by atoms with Crippen LogP contribution >= 0.6 is 11.6 Å². The van der Waals surface area contributed by atoms with Crippen LogP contribution in [0.5, 0.6) is 0 Å². The summed E-state index contributed by atoms with van der Waals surface area (Å²) in [5.41, 5.74) is 1.81. The van der Waals surface area contributed by atoms with Gasteiger partial charge in [-0.2, -0.15) is 5.90 Å². The molecule has 0 fully saturated rings. The minimum absolute atomic E-state index is 0.0865. The molecule has 0 amide bonds. The van der Waals surface area contributed by atoms with Crippen molar-refractivity contribution in [3.63, 3.8) is 0 Å². The Labute approximate surface area is 175 Å². The zero-order valence-electron chi connectivity index (χ0n) is 16.7. The summed E-state index contributed by atoms with van der Waals surface area (Å²) in [4.78, 5) is 29.0. The van der Waals surface area contributed by atoms with E-state index in [0.29, 0.717) is 10.6 Å². The van der Waals surface area contributed by atoms with Crippen LogP contribution in [-0.2, 0) is 25.6 Å². The second kappa shape index (κ2) is 9.87. The van der Waals surface area contributed by atoms with Gasteiger partial charge >= 0.3 is 11.9 Å². The maximum atomic E-state index is 12.8. The standard InChI is InChI=1S/C22H26ClNO5/c1-22(2,3)28-20(26)17(18(13-25)21(27)29-24)11-16-10-9-15(12-19(16)23)14-7-5-4-6-8-14/h4-10,12,17-18,25H,11,13,24H2,1-3H3. The largest absolute Gasteiger partial charge is 0.460 e. The normalized spacial score (nSPS) is 13.4. The Morgan fingerprint density at radius 1 is 1.03 bits per heavy atom. The molecule has 0 radical (unpaired) electrons. The van der Waals surface area contributed by atoms with Crippen LogP contribution in [-0.4, -0.2) is 29.3 Å². The van der Waals surface area contributed by atoms with Gasteiger partial charge in [0.05, 0.1) is 18.4 Å². The fourth-order valence-electron chi connectivity index (χ4n) is 2.98. The smallest absolute Gasteiger partial charge is 0.330 e. The summed E-state index contributed by atoms with van der Waals surface area (Å²) < 4.78 is 5.44. The van der Waals surface area contributed by atoms with Gasteiger partial charge in [-0.1, -0.05) is 54.1 Å². The van der Waals surface area contributed by atoms with Crippen LogP contribution in [0.2, 0.25) is 5.02 Å². The van der Waals surface area contributed by atoms with Gasteiger partial charge in [0.25, 0.3) is 0 Å². The van der Waals surface area contributed by atoms with E-state index < -0.39 is 36.0 Å². The van der Waals surface area contributed by atoms with Gasteiger partial charge in [-0.05, 0) is 49.9 Å². The first-order valence-corrected chi connectivity index (χ1v) is 9.62. The van der Waals surface area contributed by atoms with Gasteiger partial charge in [0, 0.05) is 5.02 Å². The van der Waals surface area contributed by atoms with Crippen molar-refractivity contribution in [1.82, 2.24) is 0 Å². The highest BCUT2D eigenvalue weighted by atomic mass is 35.5. The highest BCUT2D eigenvalue weighted by Gasteiger charge is 2.37. The summed E-state index contributed by atoms with van der Waals surface area (Å²) in [6.07, 6.45) is 0.0865. The number of ether oxygens (including phenoxy) is 1. The first-order chi connectivity index (χ1) is 13.7. The lowest BCUT2D eigenvalue weighted by Crippen LogP contribution is -2.39. The molecule has 29 heavy (non-hydrogen) atoms. The van der Waals surface area contributed by atoms with Crippen LogP contribution in [0.4, 0.5) is 0 Å². The zero-order chi connectivity index (χ0) is 21.6. The number of benzene rings is 2. The quantitative estimate of drug-likeness (QED) is 0.526. The van der Waals surface area contributed by atoms with E-state index in [1.54, 1.807) is 32.9 Å². The van der Waals surface area contributed by atoms with Crippen LogP contribution in [0, 0.1) is 11.8 Å². The minimum atomic E-state index is -1.17. The molecule has 2 unspecified atom stereocenters. The number of hydrogen-bond donors (Lipinski definition) is 2. The fourth-order valence-corrected chi connectivity index (χ4v) is 3.24. The third kappa shape index (κ3) is 6.29. The van der Waals surface area contributed by atoms with E-state index in [9.17, 15) is 14.7 Å². The van der Waals surface area contributed by atoms with Crippen molar-refractivity contribution in [2.45, 2.75) is 32.8 Å². The molecule has 0 spiro atoms. The van der Waals surface area contributed by atoms with Crippen LogP contribution in [0.25, 0.3) is 11.1 Å². The molecular weight excluding hydrogens is 394 g/mol. The number of halogens is 1. The molecule has 0 saturated carbocycles. The molecule has 0 heterocycles. The van der Waals surface area contributed by atoms with Crippen LogP contribution in [0.1, 0.15) is 26.3 Å². The molecule has 0 aromatic heterocycles. The molecule has 2 aromatic rings. The summed E-state index contributed by atoms with van der Waals surface area (Å²) in [7, 11) is 0. The van der Waals surface area contributed by atoms with Crippen molar-refractivity contribution < 1.29 is 24.3 Å². The fraction of sp³-hybridized carbons (Fsp3) is 0.364. The molecule has 0 aliphatic rings. The van der Waals surface area contributed by atoms with Crippen molar-refractivity contribution in [2.75, 3.05) is 6.61 Å². The molecule has 2 rings (SSSR count). The number of nitrogens with two attached hydrogens (primary N) is 1. The van der Waals surface area contributed by atoms with Crippen molar-refractivity contribution in [3.8, 4) is 11.1 Å². The molecule has 156 valence electrons. The van der Waals surface area contributed by atoms with Crippen molar-refractivity contribution in [2.24, 2.45) is 17.7 Å². The number of esters is 1. The number of rotatable bonds is 7. The number of aliphatic hydroxyl groups is 1. The topological polar surface area (TPSA) is 98.8 Å². The second-order valence-electron chi connectivity index (χ2n) is 7.74. The van der Waals surface area contributed by atoms with E-state index in [2.05, 4.69) is 4.84 Å². The zero-order valence-corrected chi connectivity index (χ0v) is 17.5. The molecule has 0 aliphatic heterocycles. The summed E-state index contributed by atoms with van der Waals surface area (Å²) in [6, 6.07) is 15.2. The Hall–Kier alpha value is -2.41. The van der Waals surface area contributed by atoms with Gasteiger partial charge in [-0.3, -0.25) is 4.79 Å². The predicted molar refractivity (Wildman–Crippen MR) is 111 cm³/mol. The van der Waals surface area contributed by atoms with Crippen molar-refractivity contribution in [3.05, 3.63) is 59.1 Å². The number of carbonyl (C=O) groups is 2. The summed E-state index contributed by atoms with van der Waals surface area (Å²) in [5, 5.41) is 10.1. The highest BCUT2D eigenvalue weighted by molar-refractivity contribution is 6.31. The first kappa shape index (κ1) is 22.9. The third-order valence-electron chi connectivity index (χ3n) is 4.41. The monoisotopic (exact) mass is 419 g/mol. The van der Waals surface area contributed by atoms with Crippen LogP contribution in [0.3, 0.4) is 0 Å². The lowest BCUT2D eigenvalue weighted by Gasteiger charge is -2.27. The Morgan fingerprint density at radius 3 is 2.21 bits per heavy atom. The maximum absolute atomic E-state index is 12.8. The summed E-state index contributed by atoms with van der Waals surface area (Å²) >= 11 is 6.47. The molecule has 0 bridgehead atoms. The van der Waals surface area contributed by atoms with E-state index in [1.807, 2.05) is 36.4 Å². The SMILES string of the molecule is CC(C)(C)OC(=O)C(Cc1ccc(-c2ccccc2)cc1Cl)C(CO)C(=O)ON. The molecule has 2 aromatic carbocycles. The van der Waals surface area contributed by atoms with Gasteiger partial charge in [0.2, 0.25) is 0 Å². The van der Waals surface area contributed by atoms with E-state index in [4.69, 9.17) is 22.2 Å². The Kier molecular flexibility index (Phi) is 7.79. The highest BCUT2D eigenvalue weighted by Crippen LogP contribution is 2.30.